The van der Waals surface area contributed by atoms with Gasteiger partial charge in [0, 0.05) is 37.9 Å². The summed E-state index contributed by atoms with van der Waals surface area (Å²) in [5, 5.41) is 2.93. The SMILES string of the molecule is COc1cc(C)c(S(=O)(=O)N2CCCCC2COCC(=O)NCc2cccc(N3CCCCC3)c2)c(C)c1. The van der Waals surface area contributed by atoms with E-state index in [9.17, 15) is 13.2 Å². The molecule has 2 aromatic carbocycles. The maximum absolute atomic E-state index is 13.7. The number of piperidine rings is 2. The molecule has 2 heterocycles. The molecule has 0 saturated carbocycles. The van der Waals surface area contributed by atoms with E-state index in [0.29, 0.717) is 41.3 Å². The number of methoxy groups -OCH3 is 1. The number of sulfonamides is 1. The van der Waals surface area contributed by atoms with E-state index in [2.05, 4.69) is 22.3 Å². The molecule has 1 unspecified atom stereocenters. The maximum atomic E-state index is 13.7. The lowest BCUT2D eigenvalue weighted by Crippen LogP contribution is -2.46. The molecule has 38 heavy (non-hydrogen) atoms. The van der Waals surface area contributed by atoms with Gasteiger partial charge in [-0.25, -0.2) is 8.42 Å². The minimum atomic E-state index is -3.71. The topological polar surface area (TPSA) is 88.2 Å². The number of nitrogens with zero attached hydrogens (tertiary/aromatic N) is 2. The van der Waals surface area contributed by atoms with Crippen LogP contribution in [0.25, 0.3) is 0 Å². The molecule has 8 nitrogen and oxygen atoms in total. The molecule has 2 aliphatic heterocycles. The van der Waals surface area contributed by atoms with Crippen LogP contribution < -0.4 is 15.0 Å². The summed E-state index contributed by atoms with van der Waals surface area (Å²) in [6, 6.07) is 11.5. The normalized spacial score (nSPS) is 18.8. The number of nitrogens with one attached hydrogen (secondary N) is 1. The first kappa shape index (κ1) is 28.4. The van der Waals surface area contributed by atoms with E-state index in [1.807, 2.05) is 12.1 Å². The number of rotatable bonds is 10. The number of benzene rings is 2. The fourth-order valence-electron chi connectivity index (χ4n) is 5.56. The third-order valence-corrected chi connectivity index (χ3v) is 9.73. The Morgan fingerprint density at radius 1 is 1.00 bits per heavy atom. The first-order valence-corrected chi connectivity index (χ1v) is 15.1. The van der Waals surface area contributed by atoms with Gasteiger partial charge in [-0.2, -0.15) is 4.31 Å². The molecule has 2 aliphatic rings. The zero-order valence-electron chi connectivity index (χ0n) is 22.9. The second-order valence-electron chi connectivity index (χ2n) is 10.4. The van der Waals surface area contributed by atoms with Crippen molar-refractivity contribution < 1.29 is 22.7 Å². The highest BCUT2D eigenvalue weighted by atomic mass is 32.2. The average Bonchev–Trinajstić information content (AvgIpc) is 2.92. The van der Waals surface area contributed by atoms with Gasteiger partial charge in [0.05, 0.1) is 18.6 Å². The minimum absolute atomic E-state index is 0.100. The second kappa shape index (κ2) is 13.0. The minimum Gasteiger partial charge on any atom is -0.497 e. The molecule has 0 aromatic heterocycles. The maximum Gasteiger partial charge on any atom is 0.246 e. The van der Waals surface area contributed by atoms with Crippen molar-refractivity contribution in [2.24, 2.45) is 0 Å². The molecular formula is C29H41N3O5S. The Kier molecular flexibility index (Phi) is 9.68. The van der Waals surface area contributed by atoms with Crippen LogP contribution in [0.15, 0.2) is 41.3 Å². The van der Waals surface area contributed by atoms with E-state index in [4.69, 9.17) is 9.47 Å². The smallest absolute Gasteiger partial charge is 0.246 e. The molecule has 1 amide bonds. The van der Waals surface area contributed by atoms with Crippen LogP contribution in [0.4, 0.5) is 5.69 Å². The number of hydrogen-bond acceptors (Lipinski definition) is 6. The van der Waals surface area contributed by atoms with Crippen LogP contribution >= 0.6 is 0 Å². The van der Waals surface area contributed by atoms with Crippen molar-refractivity contribution in [2.75, 3.05) is 44.9 Å². The lowest BCUT2D eigenvalue weighted by molar-refractivity contribution is -0.126. The van der Waals surface area contributed by atoms with Gasteiger partial charge in [-0.15, -0.1) is 0 Å². The van der Waals surface area contributed by atoms with Gasteiger partial charge in [0.2, 0.25) is 15.9 Å². The van der Waals surface area contributed by atoms with Crippen molar-refractivity contribution in [3.8, 4) is 5.75 Å². The summed E-state index contributed by atoms with van der Waals surface area (Å²) >= 11 is 0. The van der Waals surface area contributed by atoms with Crippen molar-refractivity contribution in [3.63, 3.8) is 0 Å². The van der Waals surface area contributed by atoms with Crippen molar-refractivity contribution in [1.82, 2.24) is 9.62 Å². The highest BCUT2D eigenvalue weighted by molar-refractivity contribution is 7.89. The number of amides is 1. The molecule has 4 rings (SSSR count). The Hall–Kier alpha value is -2.62. The van der Waals surface area contributed by atoms with Crippen LogP contribution in [0.2, 0.25) is 0 Å². The zero-order chi connectivity index (χ0) is 27.1. The summed E-state index contributed by atoms with van der Waals surface area (Å²) in [6.45, 7) is 6.71. The molecule has 0 aliphatic carbocycles. The monoisotopic (exact) mass is 543 g/mol. The van der Waals surface area contributed by atoms with E-state index in [0.717, 1.165) is 31.5 Å². The first-order chi connectivity index (χ1) is 18.3. The van der Waals surface area contributed by atoms with Gasteiger partial charge in [-0.3, -0.25) is 4.79 Å². The fraction of sp³-hybridized carbons (Fsp3) is 0.552. The van der Waals surface area contributed by atoms with E-state index in [1.54, 1.807) is 37.4 Å². The van der Waals surface area contributed by atoms with Crippen LogP contribution in [-0.2, 0) is 26.1 Å². The fourth-order valence-corrected chi connectivity index (χ4v) is 7.66. The molecule has 9 heteroatoms. The molecule has 1 N–H and O–H groups in total. The third-order valence-electron chi connectivity index (χ3n) is 7.47. The summed E-state index contributed by atoms with van der Waals surface area (Å²) in [7, 11) is -2.14. The van der Waals surface area contributed by atoms with Gasteiger partial charge in [0.1, 0.15) is 12.4 Å². The average molecular weight is 544 g/mol. The van der Waals surface area contributed by atoms with E-state index in [-0.39, 0.29) is 25.2 Å². The van der Waals surface area contributed by atoms with Crippen molar-refractivity contribution in [3.05, 3.63) is 53.1 Å². The Balaban J connectivity index is 1.31. The molecule has 0 bridgehead atoms. The summed E-state index contributed by atoms with van der Waals surface area (Å²) < 4.78 is 40.0. The Labute approximate surface area is 227 Å². The Morgan fingerprint density at radius 2 is 1.71 bits per heavy atom. The lowest BCUT2D eigenvalue weighted by Gasteiger charge is -2.35. The van der Waals surface area contributed by atoms with Gasteiger partial charge in [-0.1, -0.05) is 18.6 Å². The highest BCUT2D eigenvalue weighted by Gasteiger charge is 2.35. The molecule has 2 aromatic rings. The van der Waals surface area contributed by atoms with Crippen molar-refractivity contribution in [2.45, 2.75) is 69.9 Å². The molecular weight excluding hydrogens is 502 g/mol. The Morgan fingerprint density at radius 3 is 2.42 bits per heavy atom. The molecule has 2 saturated heterocycles. The standard InChI is InChI=1S/C29H41N3O5S/c1-22-16-27(36-3)17-23(2)29(22)38(34,35)32-15-8-5-11-26(32)20-37-21-28(33)30-19-24-10-9-12-25(18-24)31-13-6-4-7-14-31/h9-10,12,16-18,26H,4-8,11,13-15,19-21H2,1-3H3,(H,30,33). The van der Waals surface area contributed by atoms with Crippen molar-refractivity contribution >= 4 is 21.6 Å². The number of ether oxygens (including phenoxy) is 2. The zero-order valence-corrected chi connectivity index (χ0v) is 23.7. The van der Waals surface area contributed by atoms with Gasteiger partial charge in [0.15, 0.2) is 0 Å². The molecule has 0 radical (unpaired) electrons. The first-order valence-electron chi connectivity index (χ1n) is 13.6. The number of hydrogen-bond donors (Lipinski definition) is 1. The Bertz CT molecular complexity index is 1190. The summed E-state index contributed by atoms with van der Waals surface area (Å²) in [5.41, 5.74) is 3.58. The van der Waals surface area contributed by atoms with Crippen molar-refractivity contribution in [1.29, 1.82) is 0 Å². The molecule has 208 valence electrons. The quantitative estimate of drug-likeness (QED) is 0.484. The van der Waals surface area contributed by atoms with E-state index >= 15 is 0 Å². The summed E-state index contributed by atoms with van der Waals surface area (Å²) in [4.78, 5) is 15.2. The summed E-state index contributed by atoms with van der Waals surface area (Å²) in [5.74, 6) is 0.433. The van der Waals surface area contributed by atoms with Crippen LogP contribution in [-0.4, -0.2) is 64.6 Å². The predicted molar refractivity (Wildman–Crippen MR) is 149 cm³/mol. The molecule has 0 spiro atoms. The number of anilines is 1. The molecule has 2 fully saturated rings. The third kappa shape index (κ3) is 6.87. The van der Waals surface area contributed by atoms with Gasteiger partial charge >= 0.3 is 0 Å². The van der Waals surface area contributed by atoms with Crippen LogP contribution in [0.5, 0.6) is 5.75 Å². The second-order valence-corrected chi connectivity index (χ2v) is 12.2. The lowest BCUT2D eigenvalue weighted by atomic mass is 10.1. The van der Waals surface area contributed by atoms with Crippen LogP contribution in [0, 0.1) is 13.8 Å². The number of aryl methyl sites for hydroxylation is 2. The predicted octanol–water partition coefficient (Wildman–Crippen LogP) is 4.18. The van der Waals surface area contributed by atoms with Gasteiger partial charge in [-0.05, 0) is 86.9 Å². The van der Waals surface area contributed by atoms with Gasteiger partial charge in [0.25, 0.3) is 0 Å². The van der Waals surface area contributed by atoms with E-state index in [1.165, 1.54) is 24.9 Å². The number of carbonyl (C=O) groups is 1. The van der Waals surface area contributed by atoms with Gasteiger partial charge < -0.3 is 19.7 Å². The van der Waals surface area contributed by atoms with Crippen LogP contribution in [0.3, 0.4) is 0 Å². The highest BCUT2D eigenvalue weighted by Crippen LogP contribution is 2.32. The molecule has 1 atom stereocenters. The van der Waals surface area contributed by atoms with Crippen LogP contribution in [0.1, 0.15) is 55.2 Å². The number of carbonyl (C=O) groups excluding carboxylic acids is 1. The van der Waals surface area contributed by atoms with E-state index < -0.39 is 10.0 Å². The largest absolute Gasteiger partial charge is 0.497 e. The summed E-state index contributed by atoms with van der Waals surface area (Å²) in [6.07, 6.45) is 6.17.